The van der Waals surface area contributed by atoms with Crippen LogP contribution in [0.1, 0.15) is 34.5 Å². The third kappa shape index (κ3) is 2.52. The van der Waals surface area contributed by atoms with Gasteiger partial charge in [0.05, 0.1) is 11.4 Å². The van der Waals surface area contributed by atoms with E-state index in [4.69, 9.17) is 16.7 Å². The Balaban J connectivity index is 2.18. The molecule has 0 aromatic carbocycles. The highest BCUT2D eigenvalue weighted by atomic mass is 35.5. The van der Waals surface area contributed by atoms with Gasteiger partial charge in [0.15, 0.2) is 0 Å². The van der Waals surface area contributed by atoms with Crippen LogP contribution in [0, 0.1) is 6.92 Å². The molecular formula is C12H14ClNO3S. The summed E-state index contributed by atoms with van der Waals surface area (Å²) < 4.78 is 0. The van der Waals surface area contributed by atoms with Gasteiger partial charge >= 0.3 is 5.97 Å². The van der Waals surface area contributed by atoms with Crippen LogP contribution in [0.4, 0.5) is 0 Å². The van der Waals surface area contributed by atoms with Gasteiger partial charge in [0, 0.05) is 12.6 Å². The number of rotatable bonds is 3. The molecule has 1 aliphatic heterocycles. The number of hydrogen-bond donors (Lipinski definition) is 1. The van der Waals surface area contributed by atoms with Crippen molar-refractivity contribution in [2.24, 2.45) is 0 Å². The molecule has 2 rings (SSSR count). The Hall–Kier alpha value is -1.07. The van der Waals surface area contributed by atoms with Crippen molar-refractivity contribution in [3.8, 4) is 0 Å². The largest absolute Gasteiger partial charge is 0.481 e. The average Bonchev–Trinajstić information content (AvgIpc) is 2.87. The first-order valence-electron chi connectivity index (χ1n) is 5.77. The normalized spacial score (nSPS) is 19.2. The maximum Gasteiger partial charge on any atom is 0.305 e. The number of aryl methyl sites for hydroxylation is 1. The van der Waals surface area contributed by atoms with Crippen molar-refractivity contribution in [2.45, 2.75) is 32.2 Å². The van der Waals surface area contributed by atoms with E-state index in [1.54, 1.807) is 4.90 Å². The molecule has 4 nitrogen and oxygen atoms in total. The van der Waals surface area contributed by atoms with Gasteiger partial charge in [-0.05, 0) is 30.7 Å². The number of carbonyl (C=O) groups excluding carboxylic acids is 1. The first kappa shape index (κ1) is 13.4. The summed E-state index contributed by atoms with van der Waals surface area (Å²) in [6.45, 7) is 2.47. The summed E-state index contributed by atoms with van der Waals surface area (Å²) in [5, 5.41) is 11.2. The van der Waals surface area contributed by atoms with Gasteiger partial charge in [-0.2, -0.15) is 0 Å². The zero-order valence-corrected chi connectivity index (χ0v) is 11.6. The summed E-state index contributed by atoms with van der Waals surface area (Å²) in [4.78, 5) is 25.3. The highest BCUT2D eigenvalue weighted by Crippen LogP contribution is 2.31. The summed E-state index contributed by atoms with van der Waals surface area (Å²) >= 11 is 7.40. The van der Waals surface area contributed by atoms with Crippen LogP contribution in [0.25, 0.3) is 0 Å². The number of hydrogen-bond acceptors (Lipinski definition) is 3. The van der Waals surface area contributed by atoms with E-state index in [9.17, 15) is 9.59 Å². The fraction of sp³-hybridized carbons (Fsp3) is 0.500. The van der Waals surface area contributed by atoms with Crippen LogP contribution in [-0.4, -0.2) is 34.5 Å². The van der Waals surface area contributed by atoms with Gasteiger partial charge in [0.25, 0.3) is 5.91 Å². The first-order valence-corrected chi connectivity index (χ1v) is 7.03. The molecule has 1 aromatic rings. The molecule has 6 heteroatoms. The lowest BCUT2D eigenvalue weighted by Gasteiger charge is -2.23. The Bertz CT molecular complexity index is 486. The zero-order chi connectivity index (χ0) is 13.3. The smallest absolute Gasteiger partial charge is 0.305 e. The second-order valence-electron chi connectivity index (χ2n) is 4.45. The molecule has 98 valence electrons. The maximum atomic E-state index is 12.3. The number of aliphatic carboxylic acids is 1. The molecule has 0 saturated carbocycles. The van der Waals surface area contributed by atoms with E-state index in [-0.39, 0.29) is 18.4 Å². The zero-order valence-electron chi connectivity index (χ0n) is 9.98. The molecule has 1 aromatic heterocycles. The van der Waals surface area contributed by atoms with Gasteiger partial charge in [0.2, 0.25) is 0 Å². The number of thiophene rings is 1. The molecule has 0 radical (unpaired) electrons. The van der Waals surface area contributed by atoms with E-state index in [0.717, 1.165) is 18.4 Å². The van der Waals surface area contributed by atoms with E-state index in [2.05, 4.69) is 0 Å². The molecule has 1 atom stereocenters. The Morgan fingerprint density at radius 3 is 2.89 bits per heavy atom. The van der Waals surface area contributed by atoms with Crippen molar-refractivity contribution in [1.29, 1.82) is 0 Å². The van der Waals surface area contributed by atoms with Gasteiger partial charge < -0.3 is 10.0 Å². The third-order valence-electron chi connectivity index (χ3n) is 3.14. The number of likely N-dealkylation sites (tertiary alicyclic amines) is 1. The number of carboxylic acids is 1. The van der Waals surface area contributed by atoms with Crippen LogP contribution in [0.5, 0.6) is 0 Å². The van der Waals surface area contributed by atoms with Crippen LogP contribution < -0.4 is 0 Å². The van der Waals surface area contributed by atoms with Crippen LogP contribution >= 0.6 is 22.9 Å². The lowest BCUT2D eigenvalue weighted by atomic mass is 10.1. The molecule has 0 bridgehead atoms. The Morgan fingerprint density at radius 1 is 1.61 bits per heavy atom. The molecule has 1 amide bonds. The summed E-state index contributed by atoms with van der Waals surface area (Å²) in [6, 6.07) is -0.200. The predicted octanol–water partition coefficient (Wildman–Crippen LogP) is 2.79. The molecule has 0 aliphatic carbocycles. The van der Waals surface area contributed by atoms with Crippen molar-refractivity contribution in [2.75, 3.05) is 6.54 Å². The minimum absolute atomic E-state index is 0.00766. The van der Waals surface area contributed by atoms with Crippen LogP contribution in [0.15, 0.2) is 5.38 Å². The van der Waals surface area contributed by atoms with Gasteiger partial charge in [-0.1, -0.05) is 11.6 Å². The van der Waals surface area contributed by atoms with Crippen molar-refractivity contribution in [1.82, 2.24) is 4.90 Å². The second kappa shape index (κ2) is 5.28. The van der Waals surface area contributed by atoms with Gasteiger partial charge in [-0.25, -0.2) is 0 Å². The predicted molar refractivity (Wildman–Crippen MR) is 70.4 cm³/mol. The first-order chi connectivity index (χ1) is 8.50. The van der Waals surface area contributed by atoms with Crippen molar-refractivity contribution in [3.63, 3.8) is 0 Å². The van der Waals surface area contributed by atoms with Gasteiger partial charge in [-0.15, -0.1) is 11.3 Å². The minimum Gasteiger partial charge on any atom is -0.481 e. The van der Waals surface area contributed by atoms with Crippen molar-refractivity contribution >= 4 is 34.8 Å². The number of halogens is 1. The van der Waals surface area contributed by atoms with Crippen LogP contribution in [-0.2, 0) is 4.79 Å². The topological polar surface area (TPSA) is 57.6 Å². The highest BCUT2D eigenvalue weighted by Gasteiger charge is 2.32. The average molecular weight is 288 g/mol. The van der Waals surface area contributed by atoms with E-state index >= 15 is 0 Å². The molecule has 2 heterocycles. The standard InChI is InChI=1S/C12H14ClNO3S/c1-7-6-18-11(10(7)13)12(17)14-4-2-3-8(14)5-9(15)16/h6,8H,2-5H2,1H3,(H,15,16). The molecule has 1 N–H and O–H groups in total. The molecule has 0 spiro atoms. The maximum absolute atomic E-state index is 12.3. The molecule has 1 saturated heterocycles. The number of nitrogens with zero attached hydrogens (tertiary/aromatic N) is 1. The van der Waals surface area contributed by atoms with Crippen molar-refractivity contribution < 1.29 is 14.7 Å². The quantitative estimate of drug-likeness (QED) is 0.930. The monoisotopic (exact) mass is 287 g/mol. The molecule has 1 aliphatic rings. The summed E-state index contributed by atoms with van der Waals surface area (Å²) in [6.07, 6.45) is 1.61. The number of amides is 1. The highest BCUT2D eigenvalue weighted by molar-refractivity contribution is 7.13. The van der Waals surface area contributed by atoms with E-state index in [1.807, 2.05) is 12.3 Å². The third-order valence-corrected chi connectivity index (χ3v) is 4.83. The summed E-state index contributed by atoms with van der Waals surface area (Å²) in [5.74, 6) is -1.00. The number of carboxylic acid groups (broad SMARTS) is 1. The van der Waals surface area contributed by atoms with E-state index in [0.29, 0.717) is 16.4 Å². The SMILES string of the molecule is Cc1csc(C(=O)N2CCCC2CC(=O)O)c1Cl. The lowest BCUT2D eigenvalue weighted by molar-refractivity contribution is -0.137. The van der Waals surface area contributed by atoms with E-state index in [1.165, 1.54) is 11.3 Å². The number of carbonyl (C=O) groups is 2. The Morgan fingerprint density at radius 2 is 2.33 bits per heavy atom. The molecule has 18 heavy (non-hydrogen) atoms. The van der Waals surface area contributed by atoms with Crippen LogP contribution in [0.2, 0.25) is 5.02 Å². The lowest BCUT2D eigenvalue weighted by Crippen LogP contribution is -2.36. The second-order valence-corrected chi connectivity index (χ2v) is 5.71. The van der Waals surface area contributed by atoms with Crippen molar-refractivity contribution in [3.05, 3.63) is 20.8 Å². The fourth-order valence-corrected chi connectivity index (χ4v) is 3.45. The fourth-order valence-electron chi connectivity index (χ4n) is 2.22. The summed E-state index contributed by atoms with van der Waals surface area (Å²) in [7, 11) is 0. The van der Waals surface area contributed by atoms with Crippen LogP contribution in [0.3, 0.4) is 0 Å². The molecule has 1 unspecified atom stereocenters. The van der Waals surface area contributed by atoms with Gasteiger partial charge in [0.1, 0.15) is 4.88 Å². The Kier molecular flexibility index (Phi) is 3.92. The minimum atomic E-state index is -0.867. The van der Waals surface area contributed by atoms with Gasteiger partial charge in [-0.3, -0.25) is 9.59 Å². The molecular weight excluding hydrogens is 274 g/mol. The van der Waals surface area contributed by atoms with E-state index < -0.39 is 5.97 Å². The molecule has 1 fully saturated rings. The Labute approximate surface area is 114 Å². The summed E-state index contributed by atoms with van der Waals surface area (Å²) in [5.41, 5.74) is 0.888.